The lowest BCUT2D eigenvalue weighted by molar-refractivity contribution is -0.148. The zero-order valence-corrected chi connectivity index (χ0v) is 14.8. The molecule has 0 atom stereocenters. The molecule has 1 saturated heterocycles. The Morgan fingerprint density at radius 1 is 0.960 bits per heavy atom. The van der Waals surface area contributed by atoms with E-state index in [2.05, 4.69) is 5.43 Å². The van der Waals surface area contributed by atoms with Crippen molar-refractivity contribution in [2.75, 3.05) is 19.7 Å². The minimum Gasteiger partial charge on any atom is -0.356 e. The molecule has 4 heteroatoms. The summed E-state index contributed by atoms with van der Waals surface area (Å²) in [6.45, 7) is 4.14. The van der Waals surface area contributed by atoms with Crippen molar-refractivity contribution in [3.63, 3.8) is 0 Å². The molecule has 0 unspecified atom stereocenters. The summed E-state index contributed by atoms with van der Waals surface area (Å²) >= 11 is 0. The largest absolute Gasteiger partial charge is 0.356 e. The third-order valence-corrected chi connectivity index (χ3v) is 4.66. The molecule has 0 radical (unpaired) electrons. The van der Waals surface area contributed by atoms with E-state index in [9.17, 15) is 4.79 Å². The van der Waals surface area contributed by atoms with E-state index in [1.165, 1.54) is 6.42 Å². The normalized spacial score (nSPS) is 15.7. The minimum atomic E-state index is -1.14. The maximum atomic E-state index is 13.4. The Labute approximate surface area is 149 Å². The second kappa shape index (κ2) is 8.28. The molecular weight excluding hydrogens is 312 g/mol. The Hall–Kier alpha value is -2.17. The van der Waals surface area contributed by atoms with Crippen molar-refractivity contribution in [3.8, 4) is 0 Å². The quantitative estimate of drug-likeness (QED) is 0.877. The molecule has 1 fully saturated rings. The summed E-state index contributed by atoms with van der Waals surface area (Å²) < 4.78 is 6.17. The monoisotopic (exact) mass is 338 g/mol. The number of hydrogen-bond donors (Lipinski definition) is 1. The van der Waals surface area contributed by atoms with Crippen LogP contribution in [0.1, 0.15) is 37.3 Å². The van der Waals surface area contributed by atoms with Gasteiger partial charge in [0.2, 0.25) is 0 Å². The van der Waals surface area contributed by atoms with Gasteiger partial charge >= 0.3 is 0 Å². The molecule has 1 N–H and O–H groups in total. The second-order valence-corrected chi connectivity index (χ2v) is 6.33. The molecule has 2 aromatic rings. The van der Waals surface area contributed by atoms with Crippen molar-refractivity contribution in [1.29, 1.82) is 0 Å². The molecule has 0 saturated carbocycles. The highest BCUT2D eigenvalue weighted by Crippen LogP contribution is 2.34. The van der Waals surface area contributed by atoms with E-state index in [-0.39, 0.29) is 5.91 Å². The summed E-state index contributed by atoms with van der Waals surface area (Å²) in [5.41, 5.74) is 3.66. The summed E-state index contributed by atoms with van der Waals surface area (Å²) in [5, 5.41) is 2.02. The first kappa shape index (κ1) is 17.6. The predicted octanol–water partition coefficient (Wildman–Crippen LogP) is 3.48. The summed E-state index contributed by atoms with van der Waals surface area (Å²) in [4.78, 5) is 13.4. The Bertz CT molecular complexity index is 627. The van der Waals surface area contributed by atoms with Crippen LogP contribution in [0, 0.1) is 0 Å². The number of amides is 1. The van der Waals surface area contributed by atoms with Gasteiger partial charge in [0, 0.05) is 19.7 Å². The lowest BCUT2D eigenvalue weighted by atomic mass is 9.85. The van der Waals surface area contributed by atoms with Gasteiger partial charge in [-0.1, -0.05) is 67.1 Å². The highest BCUT2D eigenvalue weighted by molar-refractivity contribution is 5.90. The topological polar surface area (TPSA) is 41.6 Å². The van der Waals surface area contributed by atoms with Gasteiger partial charge in [0.15, 0.2) is 5.60 Å². The molecule has 1 amide bonds. The fourth-order valence-corrected chi connectivity index (χ4v) is 3.45. The Morgan fingerprint density at radius 3 is 1.96 bits per heavy atom. The van der Waals surface area contributed by atoms with Gasteiger partial charge in [-0.15, -0.1) is 0 Å². The summed E-state index contributed by atoms with van der Waals surface area (Å²) in [7, 11) is 0. The smallest absolute Gasteiger partial charge is 0.275 e. The van der Waals surface area contributed by atoms with Gasteiger partial charge in [-0.2, -0.15) is 0 Å². The lowest BCUT2D eigenvalue weighted by Gasteiger charge is -2.36. The highest BCUT2D eigenvalue weighted by atomic mass is 16.5. The van der Waals surface area contributed by atoms with Crippen molar-refractivity contribution < 1.29 is 9.53 Å². The predicted molar refractivity (Wildman–Crippen MR) is 98.9 cm³/mol. The summed E-state index contributed by atoms with van der Waals surface area (Å²) in [6, 6.07) is 19.5. The van der Waals surface area contributed by atoms with Gasteiger partial charge in [0.1, 0.15) is 0 Å². The third-order valence-electron chi connectivity index (χ3n) is 4.66. The van der Waals surface area contributed by atoms with Crippen LogP contribution in [0.3, 0.4) is 0 Å². The number of piperidine rings is 1. The van der Waals surface area contributed by atoms with Crippen LogP contribution < -0.4 is 5.43 Å². The van der Waals surface area contributed by atoms with E-state index >= 15 is 0 Å². The molecule has 0 aromatic heterocycles. The molecule has 132 valence electrons. The SMILES string of the molecule is CCOC(C(=O)NN1CCCCC1)(c1ccccc1)c1ccccc1. The molecule has 4 nitrogen and oxygen atoms in total. The molecule has 0 aliphatic carbocycles. The van der Waals surface area contributed by atoms with Crippen LogP contribution in [0.15, 0.2) is 60.7 Å². The van der Waals surface area contributed by atoms with E-state index in [1.54, 1.807) is 0 Å². The number of hydrogen-bond acceptors (Lipinski definition) is 3. The molecule has 1 heterocycles. The first-order chi connectivity index (χ1) is 12.3. The first-order valence-corrected chi connectivity index (χ1v) is 9.08. The fraction of sp³-hybridized carbons (Fsp3) is 0.381. The standard InChI is InChI=1S/C21H26N2O2/c1-2-25-21(18-12-6-3-7-13-18,19-14-8-4-9-15-19)20(24)22-23-16-10-5-11-17-23/h3-4,6-9,12-15H,2,5,10-11,16-17H2,1H3,(H,22,24). The van der Waals surface area contributed by atoms with Gasteiger partial charge < -0.3 is 4.74 Å². The maximum absolute atomic E-state index is 13.4. The molecule has 3 rings (SSSR count). The molecule has 0 spiro atoms. The van der Waals surface area contributed by atoms with Gasteiger partial charge in [0.25, 0.3) is 5.91 Å². The number of benzene rings is 2. The van der Waals surface area contributed by atoms with Crippen LogP contribution >= 0.6 is 0 Å². The number of carbonyl (C=O) groups is 1. The average Bonchev–Trinajstić information content (AvgIpc) is 2.68. The fourth-order valence-electron chi connectivity index (χ4n) is 3.45. The average molecular weight is 338 g/mol. The van der Waals surface area contributed by atoms with Crippen LogP contribution in [0.25, 0.3) is 0 Å². The zero-order chi connectivity index (χ0) is 17.5. The number of rotatable bonds is 6. The van der Waals surface area contributed by atoms with E-state index in [0.29, 0.717) is 6.61 Å². The molecular formula is C21H26N2O2. The van der Waals surface area contributed by atoms with Crippen LogP contribution in [0.4, 0.5) is 0 Å². The van der Waals surface area contributed by atoms with Gasteiger partial charge in [-0.25, -0.2) is 5.01 Å². The molecule has 1 aliphatic heterocycles. The van der Waals surface area contributed by atoms with Crippen molar-refractivity contribution >= 4 is 5.91 Å². The molecule has 2 aromatic carbocycles. The van der Waals surface area contributed by atoms with Crippen LogP contribution in [0.2, 0.25) is 0 Å². The number of ether oxygens (including phenoxy) is 1. The lowest BCUT2D eigenvalue weighted by Crippen LogP contribution is -2.54. The van der Waals surface area contributed by atoms with Gasteiger partial charge in [-0.3, -0.25) is 10.2 Å². The minimum absolute atomic E-state index is 0.131. The zero-order valence-electron chi connectivity index (χ0n) is 14.8. The van der Waals surface area contributed by atoms with Crippen molar-refractivity contribution in [2.24, 2.45) is 0 Å². The third kappa shape index (κ3) is 3.75. The maximum Gasteiger partial charge on any atom is 0.275 e. The van der Waals surface area contributed by atoms with Gasteiger partial charge in [-0.05, 0) is 30.9 Å². The van der Waals surface area contributed by atoms with Crippen LogP contribution in [0.5, 0.6) is 0 Å². The molecule has 1 aliphatic rings. The van der Waals surface area contributed by atoms with Crippen LogP contribution in [-0.2, 0) is 15.1 Å². The first-order valence-electron chi connectivity index (χ1n) is 9.08. The number of carbonyl (C=O) groups excluding carboxylic acids is 1. The second-order valence-electron chi connectivity index (χ2n) is 6.33. The molecule has 0 bridgehead atoms. The van der Waals surface area contributed by atoms with Crippen molar-refractivity contribution in [2.45, 2.75) is 31.8 Å². The number of hydrazine groups is 1. The van der Waals surface area contributed by atoms with Crippen molar-refractivity contribution in [3.05, 3.63) is 71.8 Å². The van der Waals surface area contributed by atoms with Crippen LogP contribution in [-0.4, -0.2) is 30.6 Å². The van der Waals surface area contributed by atoms with E-state index < -0.39 is 5.60 Å². The van der Waals surface area contributed by atoms with Crippen molar-refractivity contribution in [1.82, 2.24) is 10.4 Å². The van der Waals surface area contributed by atoms with Gasteiger partial charge in [0.05, 0.1) is 0 Å². The van der Waals surface area contributed by atoms with E-state index in [4.69, 9.17) is 4.74 Å². The number of nitrogens with zero attached hydrogens (tertiary/aromatic N) is 1. The van der Waals surface area contributed by atoms with E-state index in [1.807, 2.05) is 72.6 Å². The summed E-state index contributed by atoms with van der Waals surface area (Å²) in [5.74, 6) is -0.131. The Balaban J connectivity index is 2.02. The summed E-state index contributed by atoms with van der Waals surface area (Å²) in [6.07, 6.45) is 3.44. The Morgan fingerprint density at radius 2 is 1.48 bits per heavy atom. The van der Waals surface area contributed by atoms with E-state index in [0.717, 1.165) is 37.1 Å². The molecule has 25 heavy (non-hydrogen) atoms. The Kier molecular flexibility index (Phi) is 5.84. The highest BCUT2D eigenvalue weighted by Gasteiger charge is 2.43. The number of nitrogens with one attached hydrogen (secondary N) is 1.